The Morgan fingerprint density at radius 3 is 2.50 bits per heavy atom. The van der Waals surface area contributed by atoms with Crippen molar-refractivity contribution in [2.75, 3.05) is 37.6 Å². The molecule has 0 amide bonds. The third kappa shape index (κ3) is 3.85. The number of hydrogen-bond acceptors (Lipinski definition) is 4. The zero-order chi connectivity index (χ0) is 15.4. The van der Waals surface area contributed by atoms with Gasteiger partial charge in [0.05, 0.1) is 0 Å². The molecule has 2 heterocycles. The first-order valence-electron chi connectivity index (χ1n) is 8.11. The Labute approximate surface area is 132 Å². The average molecular weight is 299 g/mol. The number of rotatable bonds is 5. The highest BCUT2D eigenvalue weighted by Gasteiger charge is 2.20. The van der Waals surface area contributed by atoms with E-state index in [2.05, 4.69) is 62.2 Å². The highest BCUT2D eigenvalue weighted by atomic mass is 15.4. The van der Waals surface area contributed by atoms with Gasteiger partial charge in [-0.2, -0.15) is 4.98 Å². The van der Waals surface area contributed by atoms with Crippen LogP contribution in [0.5, 0.6) is 0 Å². The predicted molar refractivity (Wildman–Crippen MR) is 89.1 cm³/mol. The third-order valence-electron chi connectivity index (χ3n) is 4.24. The smallest absolute Gasteiger partial charge is 0.244 e. The zero-order valence-corrected chi connectivity index (χ0v) is 13.5. The van der Waals surface area contributed by atoms with E-state index in [9.17, 15) is 0 Å². The van der Waals surface area contributed by atoms with Crippen molar-refractivity contribution in [2.24, 2.45) is 5.92 Å². The molecule has 1 unspecified atom stereocenters. The van der Waals surface area contributed by atoms with Gasteiger partial charge in [-0.3, -0.25) is 10.00 Å². The summed E-state index contributed by atoms with van der Waals surface area (Å²) in [6.45, 7) is 9.65. The van der Waals surface area contributed by atoms with Gasteiger partial charge in [0, 0.05) is 32.7 Å². The second kappa shape index (κ2) is 6.92. The van der Waals surface area contributed by atoms with Gasteiger partial charge in [-0.1, -0.05) is 37.3 Å². The van der Waals surface area contributed by atoms with Crippen LogP contribution in [0.3, 0.4) is 0 Å². The lowest BCUT2D eigenvalue weighted by molar-refractivity contribution is 0.223. The van der Waals surface area contributed by atoms with Gasteiger partial charge in [0.25, 0.3) is 0 Å². The minimum atomic E-state index is 0.680. The van der Waals surface area contributed by atoms with E-state index in [0.29, 0.717) is 5.92 Å². The first-order chi connectivity index (χ1) is 10.7. The van der Waals surface area contributed by atoms with E-state index >= 15 is 0 Å². The third-order valence-corrected chi connectivity index (χ3v) is 4.24. The Hall–Kier alpha value is -1.88. The van der Waals surface area contributed by atoms with Gasteiger partial charge in [0.2, 0.25) is 5.95 Å². The number of nitrogens with one attached hydrogen (secondary N) is 1. The number of nitrogens with zero attached hydrogens (tertiary/aromatic N) is 4. The van der Waals surface area contributed by atoms with Gasteiger partial charge >= 0.3 is 0 Å². The summed E-state index contributed by atoms with van der Waals surface area (Å²) in [6.07, 6.45) is 1.15. The molecule has 1 atom stereocenters. The van der Waals surface area contributed by atoms with Gasteiger partial charge in [0.1, 0.15) is 5.82 Å². The summed E-state index contributed by atoms with van der Waals surface area (Å²) in [6, 6.07) is 10.8. The van der Waals surface area contributed by atoms with Crippen LogP contribution < -0.4 is 4.90 Å². The minimum absolute atomic E-state index is 0.680. The van der Waals surface area contributed by atoms with Gasteiger partial charge in [0.15, 0.2) is 0 Å². The molecule has 3 rings (SSSR count). The van der Waals surface area contributed by atoms with Crippen molar-refractivity contribution in [3.05, 3.63) is 41.7 Å². The van der Waals surface area contributed by atoms with Crippen molar-refractivity contribution >= 4 is 5.95 Å². The van der Waals surface area contributed by atoms with Crippen molar-refractivity contribution in [3.63, 3.8) is 0 Å². The summed E-state index contributed by atoms with van der Waals surface area (Å²) in [7, 11) is 0. The van der Waals surface area contributed by atoms with Gasteiger partial charge in [-0.25, -0.2) is 0 Å². The number of aryl methyl sites for hydroxylation is 1. The lowest BCUT2D eigenvalue weighted by Gasteiger charge is -2.35. The molecule has 1 aromatic carbocycles. The normalized spacial score (nSPS) is 17.6. The van der Waals surface area contributed by atoms with Crippen LogP contribution in [-0.4, -0.2) is 52.8 Å². The van der Waals surface area contributed by atoms with Crippen LogP contribution in [0.2, 0.25) is 0 Å². The molecule has 0 bridgehead atoms. The topological polar surface area (TPSA) is 48.1 Å². The van der Waals surface area contributed by atoms with Crippen LogP contribution in [0.25, 0.3) is 0 Å². The zero-order valence-electron chi connectivity index (χ0n) is 13.5. The molecule has 5 heteroatoms. The lowest BCUT2D eigenvalue weighted by Crippen LogP contribution is -2.48. The van der Waals surface area contributed by atoms with Crippen molar-refractivity contribution < 1.29 is 0 Å². The van der Waals surface area contributed by atoms with E-state index in [4.69, 9.17) is 0 Å². The molecule has 1 aromatic heterocycles. The summed E-state index contributed by atoms with van der Waals surface area (Å²) < 4.78 is 0. The van der Waals surface area contributed by atoms with Crippen LogP contribution in [-0.2, 0) is 6.42 Å². The molecular formula is C17H25N5. The molecule has 0 spiro atoms. The number of benzene rings is 1. The van der Waals surface area contributed by atoms with E-state index in [1.807, 2.05) is 6.92 Å². The molecule has 1 N–H and O–H groups in total. The molecule has 5 nitrogen and oxygen atoms in total. The summed E-state index contributed by atoms with van der Waals surface area (Å²) in [5.41, 5.74) is 1.44. The molecular weight excluding hydrogens is 274 g/mol. The largest absolute Gasteiger partial charge is 0.337 e. The maximum absolute atomic E-state index is 4.42. The molecule has 1 aliphatic heterocycles. The SMILES string of the molecule is Cc1nc(N2CCN(CC(C)Cc3ccccc3)CC2)n[nH]1. The van der Waals surface area contributed by atoms with Crippen molar-refractivity contribution in [1.29, 1.82) is 0 Å². The first kappa shape index (κ1) is 15.0. The van der Waals surface area contributed by atoms with E-state index in [0.717, 1.165) is 50.9 Å². The van der Waals surface area contributed by atoms with Crippen LogP contribution in [0, 0.1) is 12.8 Å². The summed E-state index contributed by atoms with van der Waals surface area (Å²) in [5.74, 6) is 2.41. The number of piperazine rings is 1. The summed E-state index contributed by atoms with van der Waals surface area (Å²) in [5, 5.41) is 7.17. The Bertz CT molecular complexity index is 572. The quantitative estimate of drug-likeness (QED) is 0.918. The molecule has 0 aliphatic carbocycles. The number of anilines is 1. The number of aromatic amines is 1. The van der Waals surface area contributed by atoms with Gasteiger partial charge < -0.3 is 4.90 Å². The van der Waals surface area contributed by atoms with Crippen LogP contribution in [0.4, 0.5) is 5.95 Å². The van der Waals surface area contributed by atoms with E-state index < -0.39 is 0 Å². The predicted octanol–water partition coefficient (Wildman–Crippen LogP) is 2.11. The number of aromatic nitrogens is 3. The van der Waals surface area contributed by atoms with Crippen LogP contribution in [0.15, 0.2) is 30.3 Å². The highest BCUT2D eigenvalue weighted by molar-refractivity contribution is 5.29. The maximum atomic E-state index is 4.42. The second-order valence-electron chi connectivity index (χ2n) is 6.30. The van der Waals surface area contributed by atoms with Gasteiger partial charge in [-0.15, -0.1) is 5.10 Å². The van der Waals surface area contributed by atoms with E-state index in [1.54, 1.807) is 0 Å². The summed E-state index contributed by atoms with van der Waals surface area (Å²) in [4.78, 5) is 9.24. The number of H-pyrrole nitrogens is 1. The molecule has 1 saturated heterocycles. The summed E-state index contributed by atoms with van der Waals surface area (Å²) >= 11 is 0. The monoisotopic (exact) mass is 299 g/mol. The second-order valence-corrected chi connectivity index (χ2v) is 6.30. The van der Waals surface area contributed by atoms with E-state index in [-0.39, 0.29) is 0 Å². The fourth-order valence-electron chi connectivity index (χ4n) is 3.12. The molecule has 0 saturated carbocycles. The van der Waals surface area contributed by atoms with Crippen LogP contribution >= 0.6 is 0 Å². The lowest BCUT2D eigenvalue weighted by atomic mass is 10.0. The maximum Gasteiger partial charge on any atom is 0.244 e. The van der Waals surface area contributed by atoms with Gasteiger partial charge in [-0.05, 0) is 24.8 Å². The van der Waals surface area contributed by atoms with Crippen molar-refractivity contribution in [2.45, 2.75) is 20.3 Å². The Morgan fingerprint density at radius 2 is 1.86 bits per heavy atom. The molecule has 22 heavy (non-hydrogen) atoms. The fourth-order valence-corrected chi connectivity index (χ4v) is 3.12. The molecule has 0 radical (unpaired) electrons. The number of hydrogen-bond donors (Lipinski definition) is 1. The first-order valence-corrected chi connectivity index (χ1v) is 8.11. The standard InChI is InChI=1S/C17H25N5/c1-14(12-16-6-4-3-5-7-16)13-21-8-10-22(11-9-21)17-18-15(2)19-20-17/h3-7,14H,8-13H2,1-2H3,(H,18,19,20). The highest BCUT2D eigenvalue weighted by Crippen LogP contribution is 2.14. The molecule has 118 valence electrons. The fraction of sp³-hybridized carbons (Fsp3) is 0.529. The molecule has 2 aromatic rings. The van der Waals surface area contributed by atoms with Crippen molar-refractivity contribution in [1.82, 2.24) is 20.1 Å². The Morgan fingerprint density at radius 1 is 1.14 bits per heavy atom. The molecule has 1 aliphatic rings. The Kier molecular flexibility index (Phi) is 4.73. The van der Waals surface area contributed by atoms with E-state index in [1.165, 1.54) is 5.56 Å². The van der Waals surface area contributed by atoms with Crippen LogP contribution in [0.1, 0.15) is 18.3 Å². The van der Waals surface area contributed by atoms with Crippen molar-refractivity contribution in [3.8, 4) is 0 Å². The Balaban J connectivity index is 1.45. The minimum Gasteiger partial charge on any atom is -0.337 e. The average Bonchev–Trinajstić information content (AvgIpc) is 2.95. The molecule has 1 fully saturated rings.